The average molecular weight is 306 g/mol. The molecular formula is C10H9Cl2N3O2S. The Labute approximate surface area is 114 Å². The summed E-state index contributed by atoms with van der Waals surface area (Å²) in [4.78, 5) is -0.151. The molecule has 0 radical (unpaired) electrons. The van der Waals surface area contributed by atoms with E-state index in [-0.39, 0.29) is 20.8 Å². The normalized spacial score (nSPS) is 11.5. The summed E-state index contributed by atoms with van der Waals surface area (Å²) >= 11 is 11.7. The van der Waals surface area contributed by atoms with Gasteiger partial charge in [-0.15, -0.1) is 0 Å². The molecule has 0 saturated heterocycles. The van der Waals surface area contributed by atoms with Gasteiger partial charge in [0.1, 0.15) is 10.7 Å². The Hall–Kier alpha value is -1.24. The van der Waals surface area contributed by atoms with Crippen molar-refractivity contribution in [2.75, 3.05) is 4.72 Å². The van der Waals surface area contributed by atoms with Gasteiger partial charge in [-0.25, -0.2) is 8.42 Å². The molecule has 0 atom stereocenters. The minimum atomic E-state index is -3.85. The summed E-state index contributed by atoms with van der Waals surface area (Å²) in [6, 6.07) is 4.49. The summed E-state index contributed by atoms with van der Waals surface area (Å²) < 4.78 is 26.7. The summed E-state index contributed by atoms with van der Waals surface area (Å²) in [5.74, 6) is 0.283. The first kappa shape index (κ1) is 13.2. The maximum Gasteiger partial charge on any atom is 0.266 e. The summed E-state index contributed by atoms with van der Waals surface area (Å²) in [5, 5.41) is 6.39. The van der Waals surface area contributed by atoms with Gasteiger partial charge in [0, 0.05) is 5.56 Å². The summed E-state index contributed by atoms with van der Waals surface area (Å²) in [7, 11) is -3.85. The third kappa shape index (κ3) is 2.45. The van der Waals surface area contributed by atoms with Gasteiger partial charge in [-0.05, 0) is 19.1 Å². The Morgan fingerprint density at radius 3 is 2.39 bits per heavy atom. The highest BCUT2D eigenvalue weighted by Gasteiger charge is 2.22. The number of hydrogen-bond donors (Lipinski definition) is 2. The van der Waals surface area contributed by atoms with E-state index >= 15 is 0 Å². The average Bonchev–Trinajstić information content (AvgIpc) is 2.63. The first-order valence-electron chi connectivity index (χ1n) is 4.88. The highest BCUT2D eigenvalue weighted by atomic mass is 35.5. The molecule has 0 saturated carbocycles. The van der Waals surface area contributed by atoms with Crippen molar-refractivity contribution in [3.05, 3.63) is 40.0 Å². The molecule has 0 fully saturated rings. The molecule has 0 aliphatic carbocycles. The van der Waals surface area contributed by atoms with E-state index in [2.05, 4.69) is 14.9 Å². The van der Waals surface area contributed by atoms with Crippen LogP contribution in [-0.2, 0) is 10.0 Å². The van der Waals surface area contributed by atoms with E-state index in [1.54, 1.807) is 13.0 Å². The number of aryl methyl sites for hydroxylation is 1. The lowest BCUT2D eigenvalue weighted by Crippen LogP contribution is -2.15. The van der Waals surface area contributed by atoms with Gasteiger partial charge in [0.15, 0.2) is 0 Å². The quantitative estimate of drug-likeness (QED) is 0.915. The van der Waals surface area contributed by atoms with Crippen molar-refractivity contribution in [2.24, 2.45) is 0 Å². The fourth-order valence-corrected chi connectivity index (χ4v) is 3.61. The second kappa shape index (κ2) is 4.79. The number of aromatic nitrogens is 2. The zero-order chi connectivity index (χ0) is 13.3. The van der Waals surface area contributed by atoms with Crippen LogP contribution in [0, 0.1) is 6.92 Å². The largest absolute Gasteiger partial charge is 0.266 e. The fourth-order valence-electron chi connectivity index (χ4n) is 1.37. The van der Waals surface area contributed by atoms with Gasteiger partial charge in [-0.1, -0.05) is 29.3 Å². The standard InChI is InChI=1S/C10H9Cl2N3O2S/c1-6-5-13-14-10(6)15-18(16,17)9-7(11)3-2-4-8(9)12/h2-5H,1H3,(H2,13,14,15). The molecule has 0 unspecified atom stereocenters. The Morgan fingerprint density at radius 1 is 1.28 bits per heavy atom. The predicted octanol–water partition coefficient (Wildman–Crippen LogP) is 2.83. The summed E-state index contributed by atoms with van der Waals surface area (Å²) in [6.07, 6.45) is 1.51. The smallest absolute Gasteiger partial charge is 0.263 e. The van der Waals surface area contributed by atoms with Crippen LogP contribution in [0.5, 0.6) is 0 Å². The van der Waals surface area contributed by atoms with E-state index in [1.807, 2.05) is 0 Å². The molecule has 1 aromatic carbocycles. The van der Waals surface area contributed by atoms with Crippen molar-refractivity contribution in [3.8, 4) is 0 Å². The van der Waals surface area contributed by atoms with Crippen LogP contribution in [0.2, 0.25) is 10.0 Å². The number of nitrogens with zero attached hydrogens (tertiary/aromatic N) is 1. The highest BCUT2D eigenvalue weighted by molar-refractivity contribution is 7.93. The molecule has 2 N–H and O–H groups in total. The third-order valence-corrected chi connectivity index (χ3v) is 4.56. The molecule has 96 valence electrons. The molecule has 2 rings (SSSR count). The number of anilines is 1. The number of benzene rings is 1. The van der Waals surface area contributed by atoms with Crippen molar-refractivity contribution in [1.82, 2.24) is 10.2 Å². The number of hydrogen-bond acceptors (Lipinski definition) is 3. The van der Waals surface area contributed by atoms with E-state index < -0.39 is 10.0 Å². The first-order chi connectivity index (χ1) is 8.42. The molecule has 1 heterocycles. The lowest BCUT2D eigenvalue weighted by Gasteiger charge is -2.09. The van der Waals surface area contributed by atoms with E-state index in [0.29, 0.717) is 5.56 Å². The number of H-pyrrole nitrogens is 1. The number of nitrogens with one attached hydrogen (secondary N) is 2. The van der Waals surface area contributed by atoms with Gasteiger partial charge >= 0.3 is 0 Å². The first-order valence-corrected chi connectivity index (χ1v) is 7.12. The van der Waals surface area contributed by atoms with Crippen molar-refractivity contribution >= 4 is 39.0 Å². The third-order valence-electron chi connectivity index (χ3n) is 2.25. The Morgan fingerprint density at radius 2 is 1.89 bits per heavy atom. The van der Waals surface area contributed by atoms with Crippen LogP contribution in [0.25, 0.3) is 0 Å². The maximum atomic E-state index is 12.2. The molecule has 0 aliphatic rings. The van der Waals surface area contributed by atoms with Crippen LogP contribution in [0.15, 0.2) is 29.3 Å². The minimum absolute atomic E-state index is 0.0622. The van der Waals surface area contributed by atoms with E-state index in [9.17, 15) is 8.42 Å². The molecular weight excluding hydrogens is 297 g/mol. The Bertz CT molecular complexity index is 662. The van der Waals surface area contributed by atoms with Crippen LogP contribution >= 0.6 is 23.2 Å². The zero-order valence-corrected chi connectivity index (χ0v) is 11.6. The second-order valence-electron chi connectivity index (χ2n) is 3.58. The van der Waals surface area contributed by atoms with Gasteiger partial charge in [0.25, 0.3) is 10.0 Å². The van der Waals surface area contributed by atoms with Gasteiger partial charge < -0.3 is 0 Å². The molecule has 2 aromatic rings. The second-order valence-corrected chi connectivity index (χ2v) is 6.02. The van der Waals surface area contributed by atoms with Crippen molar-refractivity contribution in [2.45, 2.75) is 11.8 Å². The summed E-state index contributed by atoms with van der Waals surface area (Å²) in [6.45, 7) is 1.72. The highest BCUT2D eigenvalue weighted by Crippen LogP contribution is 2.30. The fraction of sp³-hybridized carbons (Fsp3) is 0.100. The van der Waals surface area contributed by atoms with Crippen LogP contribution in [0.1, 0.15) is 5.56 Å². The molecule has 0 amide bonds. The number of aromatic amines is 1. The molecule has 18 heavy (non-hydrogen) atoms. The van der Waals surface area contributed by atoms with E-state index in [0.717, 1.165) is 0 Å². The maximum absolute atomic E-state index is 12.2. The summed E-state index contributed by atoms with van der Waals surface area (Å²) in [5.41, 5.74) is 0.668. The van der Waals surface area contributed by atoms with Crippen molar-refractivity contribution in [1.29, 1.82) is 0 Å². The van der Waals surface area contributed by atoms with Crippen molar-refractivity contribution in [3.63, 3.8) is 0 Å². The van der Waals surface area contributed by atoms with Crippen LogP contribution < -0.4 is 4.72 Å². The molecule has 5 nitrogen and oxygen atoms in total. The Balaban J connectivity index is 2.47. The van der Waals surface area contributed by atoms with E-state index in [1.165, 1.54) is 18.3 Å². The van der Waals surface area contributed by atoms with Crippen LogP contribution in [-0.4, -0.2) is 18.6 Å². The van der Waals surface area contributed by atoms with Gasteiger partial charge in [-0.3, -0.25) is 9.82 Å². The monoisotopic (exact) mass is 305 g/mol. The number of halogens is 2. The van der Waals surface area contributed by atoms with Gasteiger partial charge in [0.2, 0.25) is 0 Å². The molecule has 0 bridgehead atoms. The molecule has 0 spiro atoms. The number of sulfonamides is 1. The zero-order valence-electron chi connectivity index (χ0n) is 9.24. The number of rotatable bonds is 3. The van der Waals surface area contributed by atoms with Gasteiger partial charge in [0.05, 0.1) is 16.2 Å². The van der Waals surface area contributed by atoms with Crippen LogP contribution in [0.4, 0.5) is 5.82 Å². The van der Waals surface area contributed by atoms with Crippen molar-refractivity contribution < 1.29 is 8.42 Å². The van der Waals surface area contributed by atoms with E-state index in [4.69, 9.17) is 23.2 Å². The van der Waals surface area contributed by atoms with Crippen LogP contribution in [0.3, 0.4) is 0 Å². The molecule has 0 aliphatic heterocycles. The topological polar surface area (TPSA) is 74.8 Å². The molecule has 1 aromatic heterocycles. The SMILES string of the molecule is Cc1cn[nH]c1NS(=O)(=O)c1c(Cl)cccc1Cl. The molecule has 8 heteroatoms. The lowest BCUT2D eigenvalue weighted by molar-refractivity contribution is 0.601. The Kier molecular flexibility index (Phi) is 3.52. The minimum Gasteiger partial charge on any atom is -0.263 e. The van der Waals surface area contributed by atoms with Gasteiger partial charge in [-0.2, -0.15) is 5.10 Å². The predicted molar refractivity (Wildman–Crippen MR) is 70.6 cm³/mol. The lowest BCUT2D eigenvalue weighted by atomic mass is 10.4.